The molecule has 1 unspecified atom stereocenters. The van der Waals surface area contributed by atoms with E-state index in [1.54, 1.807) is 0 Å². The van der Waals surface area contributed by atoms with Gasteiger partial charge in [-0.25, -0.2) is 0 Å². The Labute approximate surface area is 145 Å². The Kier molecular flexibility index (Phi) is 5.87. The van der Waals surface area contributed by atoms with E-state index in [0.29, 0.717) is 22.4 Å². The molecule has 2 aromatic rings. The molecular formula is C16H18Cl2N2OS. The Balaban J connectivity index is 0.00000176. The molecule has 3 N–H and O–H groups in total. The van der Waals surface area contributed by atoms with Crippen LogP contribution in [0.4, 0.5) is 0 Å². The summed E-state index contributed by atoms with van der Waals surface area (Å²) >= 11 is 7.36. The van der Waals surface area contributed by atoms with Crippen molar-refractivity contribution in [1.82, 2.24) is 5.32 Å². The summed E-state index contributed by atoms with van der Waals surface area (Å²) in [6, 6.07) is 11.5. The quantitative estimate of drug-likeness (QED) is 0.851. The van der Waals surface area contributed by atoms with Crippen LogP contribution in [0.3, 0.4) is 0 Å². The number of carbonyl (C=O) groups excluding carboxylic acids is 1. The molecule has 0 spiro atoms. The molecule has 1 aromatic heterocycles. The summed E-state index contributed by atoms with van der Waals surface area (Å²) in [5.41, 5.74) is 7.06. The average Bonchev–Trinajstić information content (AvgIpc) is 3.23. The highest BCUT2D eigenvalue weighted by molar-refractivity contribution is 7.17. The van der Waals surface area contributed by atoms with Gasteiger partial charge in [0, 0.05) is 22.5 Å². The summed E-state index contributed by atoms with van der Waals surface area (Å²) in [7, 11) is 0. The van der Waals surface area contributed by atoms with Gasteiger partial charge in [-0.05, 0) is 48.6 Å². The van der Waals surface area contributed by atoms with Gasteiger partial charge in [-0.2, -0.15) is 0 Å². The highest BCUT2D eigenvalue weighted by atomic mass is 35.5. The number of nitrogens with one attached hydrogen (secondary N) is 1. The Bertz CT molecular complexity index is 638. The van der Waals surface area contributed by atoms with Gasteiger partial charge in [-0.3, -0.25) is 4.79 Å². The van der Waals surface area contributed by atoms with Crippen LogP contribution < -0.4 is 11.1 Å². The zero-order chi connectivity index (χ0) is 14.8. The number of benzene rings is 1. The molecule has 0 radical (unpaired) electrons. The second-order valence-electron chi connectivity index (χ2n) is 5.38. The maximum atomic E-state index is 12.1. The molecule has 1 fully saturated rings. The van der Waals surface area contributed by atoms with E-state index in [0.717, 1.165) is 10.4 Å². The molecule has 118 valence electrons. The third-order valence-electron chi connectivity index (χ3n) is 3.68. The van der Waals surface area contributed by atoms with Gasteiger partial charge >= 0.3 is 0 Å². The first kappa shape index (κ1) is 17.3. The highest BCUT2D eigenvalue weighted by Gasteiger charge is 2.28. The van der Waals surface area contributed by atoms with Crippen molar-refractivity contribution >= 4 is 41.3 Å². The van der Waals surface area contributed by atoms with Gasteiger partial charge in [-0.15, -0.1) is 23.7 Å². The summed E-state index contributed by atoms with van der Waals surface area (Å²) in [6.45, 7) is 0.553. The van der Waals surface area contributed by atoms with Crippen LogP contribution in [-0.2, 0) is 0 Å². The lowest BCUT2D eigenvalue weighted by molar-refractivity contribution is 0.0954. The lowest BCUT2D eigenvalue weighted by Gasteiger charge is -2.10. The molecule has 0 saturated heterocycles. The molecule has 1 heterocycles. The van der Waals surface area contributed by atoms with Crippen LogP contribution in [0.2, 0.25) is 5.02 Å². The minimum absolute atomic E-state index is 0. The fraction of sp³-hybridized carbons (Fsp3) is 0.312. The Morgan fingerprint density at radius 3 is 2.59 bits per heavy atom. The van der Waals surface area contributed by atoms with Crippen molar-refractivity contribution in [3.05, 3.63) is 46.3 Å². The summed E-state index contributed by atoms with van der Waals surface area (Å²) in [5, 5.41) is 3.63. The van der Waals surface area contributed by atoms with Crippen molar-refractivity contribution < 1.29 is 4.79 Å². The van der Waals surface area contributed by atoms with Gasteiger partial charge in [0.15, 0.2) is 0 Å². The third kappa shape index (κ3) is 4.23. The van der Waals surface area contributed by atoms with Gasteiger partial charge in [0.1, 0.15) is 0 Å². The van der Waals surface area contributed by atoms with Gasteiger partial charge in [0.2, 0.25) is 0 Å². The average molecular weight is 357 g/mol. The van der Waals surface area contributed by atoms with Crippen LogP contribution in [0.15, 0.2) is 36.4 Å². The number of thiophene rings is 1. The van der Waals surface area contributed by atoms with Crippen molar-refractivity contribution in [2.45, 2.75) is 18.9 Å². The fourth-order valence-corrected chi connectivity index (χ4v) is 3.27. The van der Waals surface area contributed by atoms with E-state index >= 15 is 0 Å². The predicted molar refractivity (Wildman–Crippen MR) is 95.0 cm³/mol. The first-order valence-electron chi connectivity index (χ1n) is 7.03. The van der Waals surface area contributed by atoms with E-state index in [2.05, 4.69) is 5.32 Å². The monoisotopic (exact) mass is 356 g/mol. The molecule has 1 amide bonds. The Hall–Kier alpha value is -1.07. The number of hydrogen-bond acceptors (Lipinski definition) is 3. The first-order valence-corrected chi connectivity index (χ1v) is 8.22. The fourth-order valence-electron chi connectivity index (χ4n) is 2.22. The Morgan fingerprint density at radius 2 is 1.95 bits per heavy atom. The van der Waals surface area contributed by atoms with Gasteiger partial charge < -0.3 is 11.1 Å². The van der Waals surface area contributed by atoms with Crippen LogP contribution in [0.25, 0.3) is 10.4 Å². The number of amides is 1. The molecule has 1 saturated carbocycles. The lowest BCUT2D eigenvalue weighted by Crippen LogP contribution is -2.38. The smallest absolute Gasteiger partial charge is 0.261 e. The van der Waals surface area contributed by atoms with E-state index < -0.39 is 0 Å². The molecule has 0 bridgehead atoms. The van der Waals surface area contributed by atoms with Crippen molar-refractivity contribution in [1.29, 1.82) is 0 Å². The maximum absolute atomic E-state index is 12.1. The van der Waals surface area contributed by atoms with E-state index in [-0.39, 0.29) is 24.4 Å². The van der Waals surface area contributed by atoms with Crippen LogP contribution in [0.1, 0.15) is 22.5 Å². The van der Waals surface area contributed by atoms with Crippen molar-refractivity contribution in [3.63, 3.8) is 0 Å². The number of carbonyl (C=O) groups is 1. The molecular weight excluding hydrogens is 339 g/mol. The van der Waals surface area contributed by atoms with Gasteiger partial charge in [-0.1, -0.05) is 23.7 Å². The topological polar surface area (TPSA) is 55.1 Å². The van der Waals surface area contributed by atoms with Crippen LogP contribution >= 0.6 is 35.3 Å². The predicted octanol–water partition coefficient (Wildman–Crippen LogP) is 3.96. The molecule has 1 atom stereocenters. The molecule has 1 aromatic carbocycles. The molecule has 22 heavy (non-hydrogen) atoms. The molecule has 1 aliphatic rings. The minimum atomic E-state index is -0.0451. The van der Waals surface area contributed by atoms with Crippen molar-refractivity contribution in [2.24, 2.45) is 11.7 Å². The van der Waals surface area contributed by atoms with Crippen LogP contribution in [0.5, 0.6) is 0 Å². The summed E-state index contributed by atoms with van der Waals surface area (Å²) in [4.78, 5) is 13.9. The van der Waals surface area contributed by atoms with Crippen LogP contribution in [-0.4, -0.2) is 18.5 Å². The van der Waals surface area contributed by atoms with E-state index in [9.17, 15) is 4.79 Å². The normalized spacial score (nSPS) is 15.0. The number of hydrogen-bond donors (Lipinski definition) is 2. The van der Waals surface area contributed by atoms with Crippen LogP contribution in [0, 0.1) is 5.92 Å². The molecule has 3 rings (SSSR count). The maximum Gasteiger partial charge on any atom is 0.261 e. The first-order chi connectivity index (χ1) is 10.1. The minimum Gasteiger partial charge on any atom is -0.350 e. The number of rotatable bonds is 5. The highest BCUT2D eigenvalue weighted by Crippen LogP contribution is 2.31. The molecule has 3 nitrogen and oxygen atoms in total. The summed E-state index contributed by atoms with van der Waals surface area (Å²) in [6.07, 6.45) is 2.38. The SMILES string of the molecule is Cl.NC(CNC(=O)c1ccc(-c2ccc(Cl)cc2)s1)C1CC1. The van der Waals surface area contributed by atoms with E-state index in [1.807, 2.05) is 36.4 Å². The summed E-state index contributed by atoms with van der Waals surface area (Å²) in [5.74, 6) is 0.551. The Morgan fingerprint density at radius 1 is 1.27 bits per heavy atom. The zero-order valence-electron chi connectivity index (χ0n) is 11.9. The van der Waals surface area contributed by atoms with Gasteiger partial charge in [0.25, 0.3) is 5.91 Å². The second-order valence-corrected chi connectivity index (χ2v) is 6.90. The number of nitrogens with two attached hydrogens (primary N) is 1. The van der Waals surface area contributed by atoms with Crippen molar-refractivity contribution in [3.8, 4) is 10.4 Å². The zero-order valence-corrected chi connectivity index (χ0v) is 14.3. The standard InChI is InChI=1S/C16H17ClN2OS.ClH/c17-12-5-3-11(4-6-12)14-7-8-15(21-14)16(20)19-9-13(18)10-1-2-10;/h3-8,10,13H,1-2,9,18H2,(H,19,20);1H. The molecule has 1 aliphatic carbocycles. The van der Waals surface area contributed by atoms with E-state index in [4.69, 9.17) is 17.3 Å². The third-order valence-corrected chi connectivity index (χ3v) is 5.07. The largest absolute Gasteiger partial charge is 0.350 e. The van der Waals surface area contributed by atoms with Gasteiger partial charge in [0.05, 0.1) is 4.88 Å². The van der Waals surface area contributed by atoms with E-state index in [1.165, 1.54) is 24.2 Å². The lowest BCUT2D eigenvalue weighted by atomic mass is 10.2. The second kappa shape index (κ2) is 7.47. The number of halogens is 2. The summed E-state index contributed by atoms with van der Waals surface area (Å²) < 4.78 is 0. The van der Waals surface area contributed by atoms with Crippen molar-refractivity contribution in [2.75, 3.05) is 6.54 Å². The molecule has 0 aliphatic heterocycles. The molecule has 6 heteroatoms.